The lowest BCUT2D eigenvalue weighted by Gasteiger charge is -2.09. The van der Waals surface area contributed by atoms with Crippen LogP contribution in [0, 0.1) is 5.92 Å². The molecule has 0 aromatic rings. The number of carbonyl (C=O) groups is 1. The van der Waals surface area contributed by atoms with Gasteiger partial charge in [0.1, 0.15) is 5.76 Å². The number of hydrogen-bond donors (Lipinski definition) is 0. The van der Waals surface area contributed by atoms with Gasteiger partial charge in [-0.2, -0.15) is 13.2 Å². The SMILES string of the molecule is CO/C(=C/C(=O)C(F)(F)F)C(C)C. The molecule has 0 fully saturated rings. The van der Waals surface area contributed by atoms with Crippen LogP contribution in [0.5, 0.6) is 0 Å². The number of carbonyl (C=O) groups excluding carboxylic acids is 1. The van der Waals surface area contributed by atoms with Crippen molar-refractivity contribution in [1.82, 2.24) is 0 Å². The Morgan fingerprint density at radius 2 is 1.85 bits per heavy atom. The molecule has 0 aromatic heterocycles. The second kappa shape index (κ2) is 4.30. The van der Waals surface area contributed by atoms with Crippen molar-refractivity contribution < 1.29 is 22.7 Å². The summed E-state index contributed by atoms with van der Waals surface area (Å²) in [6.07, 6.45) is -4.34. The fourth-order valence-electron chi connectivity index (χ4n) is 0.672. The summed E-state index contributed by atoms with van der Waals surface area (Å²) in [5.41, 5.74) is 0. The van der Waals surface area contributed by atoms with Crippen molar-refractivity contribution in [3.8, 4) is 0 Å². The predicted molar refractivity (Wildman–Crippen MR) is 41.0 cm³/mol. The van der Waals surface area contributed by atoms with E-state index in [1.165, 1.54) is 7.11 Å². The zero-order valence-electron chi connectivity index (χ0n) is 7.61. The van der Waals surface area contributed by atoms with E-state index in [-0.39, 0.29) is 11.7 Å². The van der Waals surface area contributed by atoms with Gasteiger partial charge in [0.2, 0.25) is 0 Å². The number of ether oxygens (including phenoxy) is 1. The quantitative estimate of drug-likeness (QED) is 0.511. The first kappa shape index (κ1) is 12.0. The van der Waals surface area contributed by atoms with Gasteiger partial charge in [-0.3, -0.25) is 4.79 Å². The van der Waals surface area contributed by atoms with Gasteiger partial charge in [-0.1, -0.05) is 13.8 Å². The van der Waals surface area contributed by atoms with E-state index in [1.807, 2.05) is 0 Å². The lowest BCUT2D eigenvalue weighted by molar-refractivity contribution is -0.165. The first-order valence-corrected chi connectivity index (χ1v) is 3.65. The zero-order valence-corrected chi connectivity index (χ0v) is 7.61. The van der Waals surface area contributed by atoms with Crippen LogP contribution in [0.1, 0.15) is 13.8 Å². The van der Waals surface area contributed by atoms with Crippen LogP contribution in [-0.2, 0) is 9.53 Å². The van der Waals surface area contributed by atoms with Crippen LogP contribution < -0.4 is 0 Å². The van der Waals surface area contributed by atoms with Gasteiger partial charge in [-0.25, -0.2) is 0 Å². The van der Waals surface area contributed by atoms with Gasteiger partial charge in [0.15, 0.2) is 0 Å². The van der Waals surface area contributed by atoms with E-state index >= 15 is 0 Å². The van der Waals surface area contributed by atoms with E-state index < -0.39 is 12.0 Å². The van der Waals surface area contributed by atoms with Gasteiger partial charge in [0.05, 0.1) is 7.11 Å². The van der Waals surface area contributed by atoms with Crippen molar-refractivity contribution in [3.05, 3.63) is 11.8 Å². The average Bonchev–Trinajstić information content (AvgIpc) is 1.96. The van der Waals surface area contributed by atoms with Crippen LogP contribution in [0.4, 0.5) is 13.2 Å². The highest BCUT2D eigenvalue weighted by Crippen LogP contribution is 2.19. The van der Waals surface area contributed by atoms with Gasteiger partial charge >= 0.3 is 6.18 Å². The molecule has 0 spiro atoms. The van der Waals surface area contributed by atoms with Gasteiger partial charge in [0, 0.05) is 12.0 Å². The second-order valence-electron chi connectivity index (χ2n) is 2.77. The Kier molecular flexibility index (Phi) is 3.97. The molecule has 0 atom stereocenters. The molecule has 0 saturated heterocycles. The molecule has 0 N–H and O–H groups in total. The molecule has 0 heterocycles. The summed E-state index contributed by atoms with van der Waals surface area (Å²) in [5.74, 6) is -2.10. The van der Waals surface area contributed by atoms with Crippen LogP contribution in [0.15, 0.2) is 11.8 Å². The van der Waals surface area contributed by atoms with Gasteiger partial charge in [-0.05, 0) is 0 Å². The summed E-state index contributed by atoms with van der Waals surface area (Å²) in [6.45, 7) is 3.28. The highest BCUT2D eigenvalue weighted by molar-refractivity contribution is 5.94. The van der Waals surface area contributed by atoms with E-state index in [0.29, 0.717) is 6.08 Å². The van der Waals surface area contributed by atoms with E-state index in [4.69, 9.17) is 0 Å². The molecule has 0 saturated carbocycles. The minimum atomic E-state index is -4.82. The Labute approximate surface area is 74.4 Å². The lowest BCUT2D eigenvalue weighted by atomic mass is 10.1. The maximum absolute atomic E-state index is 11.8. The molecule has 0 aliphatic heterocycles. The average molecular weight is 196 g/mol. The van der Waals surface area contributed by atoms with Crippen LogP contribution in [0.3, 0.4) is 0 Å². The summed E-state index contributed by atoms with van der Waals surface area (Å²) >= 11 is 0. The van der Waals surface area contributed by atoms with Crippen LogP contribution in [0.25, 0.3) is 0 Å². The molecular weight excluding hydrogens is 185 g/mol. The molecule has 5 heteroatoms. The van der Waals surface area contributed by atoms with E-state index in [9.17, 15) is 18.0 Å². The largest absolute Gasteiger partial charge is 0.501 e. The number of allylic oxidation sites excluding steroid dienone is 2. The number of ketones is 1. The predicted octanol–water partition coefficient (Wildman–Crippen LogP) is 2.30. The van der Waals surface area contributed by atoms with Crippen LogP contribution >= 0.6 is 0 Å². The first-order valence-electron chi connectivity index (χ1n) is 3.65. The number of hydrogen-bond acceptors (Lipinski definition) is 2. The van der Waals surface area contributed by atoms with Crippen molar-refractivity contribution in [2.24, 2.45) is 5.92 Å². The molecule has 13 heavy (non-hydrogen) atoms. The molecule has 0 aromatic carbocycles. The zero-order chi connectivity index (χ0) is 10.6. The molecular formula is C8H11F3O2. The third-order valence-corrected chi connectivity index (χ3v) is 1.36. The molecule has 0 aliphatic rings. The topological polar surface area (TPSA) is 26.3 Å². The smallest absolute Gasteiger partial charge is 0.454 e. The standard InChI is InChI=1S/C8H11F3O2/c1-5(2)6(13-3)4-7(12)8(9,10)11/h4-5H,1-3H3/b6-4+. The summed E-state index contributed by atoms with van der Waals surface area (Å²) in [7, 11) is 1.23. The molecule has 0 amide bonds. The van der Waals surface area contributed by atoms with Gasteiger partial charge < -0.3 is 4.74 Å². The van der Waals surface area contributed by atoms with Crippen molar-refractivity contribution in [1.29, 1.82) is 0 Å². The first-order chi connectivity index (χ1) is 5.79. The molecule has 76 valence electrons. The molecule has 0 bridgehead atoms. The van der Waals surface area contributed by atoms with Crippen molar-refractivity contribution >= 4 is 5.78 Å². The summed E-state index contributed by atoms with van der Waals surface area (Å²) in [4.78, 5) is 10.5. The number of alkyl halides is 3. The van der Waals surface area contributed by atoms with E-state index in [2.05, 4.69) is 4.74 Å². The fraction of sp³-hybridized carbons (Fsp3) is 0.625. The van der Waals surface area contributed by atoms with E-state index in [1.54, 1.807) is 13.8 Å². The monoisotopic (exact) mass is 196 g/mol. The third-order valence-electron chi connectivity index (χ3n) is 1.36. The Morgan fingerprint density at radius 3 is 2.08 bits per heavy atom. The molecule has 0 radical (unpaired) electrons. The van der Waals surface area contributed by atoms with Crippen molar-refractivity contribution in [2.45, 2.75) is 20.0 Å². The minimum Gasteiger partial charge on any atom is -0.501 e. The maximum Gasteiger partial charge on any atom is 0.454 e. The summed E-state index contributed by atoms with van der Waals surface area (Å²) in [6, 6.07) is 0. The molecule has 2 nitrogen and oxygen atoms in total. The second-order valence-corrected chi connectivity index (χ2v) is 2.77. The molecule has 0 unspecified atom stereocenters. The highest BCUT2D eigenvalue weighted by atomic mass is 19.4. The lowest BCUT2D eigenvalue weighted by Crippen LogP contribution is -2.21. The molecule has 0 rings (SSSR count). The molecule has 0 aliphatic carbocycles. The Morgan fingerprint density at radius 1 is 1.38 bits per heavy atom. The summed E-state index contributed by atoms with van der Waals surface area (Å²) in [5, 5.41) is 0. The van der Waals surface area contributed by atoms with Crippen molar-refractivity contribution in [3.63, 3.8) is 0 Å². The van der Waals surface area contributed by atoms with Gasteiger partial charge in [0.25, 0.3) is 5.78 Å². The van der Waals surface area contributed by atoms with Crippen LogP contribution in [-0.4, -0.2) is 19.1 Å². The Balaban J connectivity index is 4.62. The van der Waals surface area contributed by atoms with Crippen LogP contribution in [0.2, 0.25) is 0 Å². The van der Waals surface area contributed by atoms with Gasteiger partial charge in [-0.15, -0.1) is 0 Å². The minimum absolute atomic E-state index is 0.0299. The van der Waals surface area contributed by atoms with Crippen molar-refractivity contribution in [2.75, 3.05) is 7.11 Å². The highest BCUT2D eigenvalue weighted by Gasteiger charge is 2.37. The Hall–Kier alpha value is -1.00. The van der Waals surface area contributed by atoms with E-state index in [0.717, 1.165) is 0 Å². The normalized spacial score (nSPS) is 13.3. The number of halogens is 3. The Bertz CT molecular complexity index is 216. The number of rotatable bonds is 3. The third kappa shape index (κ3) is 3.96. The fourth-order valence-corrected chi connectivity index (χ4v) is 0.672. The maximum atomic E-state index is 11.8. The number of methoxy groups -OCH3 is 1. The summed E-state index contributed by atoms with van der Waals surface area (Å²) < 4.78 is 39.9.